The minimum Gasteiger partial charge on any atom is -0.466 e. The molecule has 0 spiro atoms. The van der Waals surface area contributed by atoms with E-state index < -0.39 is 18.3 Å². The van der Waals surface area contributed by atoms with Crippen molar-refractivity contribution in [2.24, 2.45) is 11.7 Å². The summed E-state index contributed by atoms with van der Waals surface area (Å²) in [4.78, 5) is 26.3. The number of carbonyl (C=O) groups excluding carboxylic acids is 2. The molecule has 188 valence electrons. The molecule has 1 fully saturated rings. The summed E-state index contributed by atoms with van der Waals surface area (Å²) >= 11 is 0. The second-order valence-corrected chi connectivity index (χ2v) is 9.52. The number of aryl methyl sites for hydroxylation is 1. The van der Waals surface area contributed by atoms with Gasteiger partial charge >= 0.3 is 5.97 Å². The van der Waals surface area contributed by atoms with E-state index in [1.807, 2.05) is 38.1 Å². The molecular formula is C26H39N3O5. The second-order valence-electron chi connectivity index (χ2n) is 9.52. The van der Waals surface area contributed by atoms with Gasteiger partial charge in [0.25, 0.3) is 0 Å². The number of esters is 1. The Labute approximate surface area is 201 Å². The van der Waals surface area contributed by atoms with Gasteiger partial charge in [-0.3, -0.25) is 14.5 Å². The van der Waals surface area contributed by atoms with Crippen molar-refractivity contribution >= 4 is 22.8 Å². The number of para-hydroxylation sites is 1. The third kappa shape index (κ3) is 6.17. The van der Waals surface area contributed by atoms with Gasteiger partial charge < -0.3 is 25.3 Å². The maximum absolute atomic E-state index is 12.3. The number of aliphatic hydroxyl groups excluding tert-OH is 1. The number of benzene rings is 1. The molecule has 2 aromatic rings. The van der Waals surface area contributed by atoms with Crippen LogP contribution in [0.25, 0.3) is 11.0 Å². The molecule has 8 nitrogen and oxygen atoms in total. The first-order chi connectivity index (χ1) is 16.2. The molecule has 3 rings (SSSR count). The van der Waals surface area contributed by atoms with Gasteiger partial charge in [0.05, 0.1) is 25.1 Å². The number of fused-ring (bicyclic) bond motifs is 1. The lowest BCUT2D eigenvalue weighted by atomic mass is 9.97. The van der Waals surface area contributed by atoms with Crippen LogP contribution in [0.5, 0.6) is 0 Å². The van der Waals surface area contributed by atoms with Gasteiger partial charge in [0, 0.05) is 30.0 Å². The number of hydrogen-bond acceptors (Lipinski definition) is 7. The summed E-state index contributed by atoms with van der Waals surface area (Å²) in [6, 6.07) is 6.92. The lowest BCUT2D eigenvalue weighted by Gasteiger charge is -2.37. The van der Waals surface area contributed by atoms with E-state index in [0.717, 1.165) is 41.7 Å². The molecule has 1 aromatic heterocycles. The summed E-state index contributed by atoms with van der Waals surface area (Å²) < 4.78 is 11.2. The zero-order valence-corrected chi connectivity index (χ0v) is 20.8. The lowest BCUT2D eigenvalue weighted by molar-refractivity contribution is -0.143. The zero-order chi connectivity index (χ0) is 24.8. The Bertz CT molecular complexity index is 970. The molecule has 4 N–H and O–H groups in total. The van der Waals surface area contributed by atoms with E-state index in [4.69, 9.17) is 14.9 Å². The summed E-state index contributed by atoms with van der Waals surface area (Å²) in [6.45, 7) is 8.51. The first-order valence-corrected chi connectivity index (χ1v) is 12.4. The highest BCUT2D eigenvalue weighted by molar-refractivity contribution is 5.83. The quantitative estimate of drug-likeness (QED) is 0.430. The van der Waals surface area contributed by atoms with E-state index >= 15 is 0 Å². The molecule has 1 amide bonds. The molecule has 0 radical (unpaired) electrons. The summed E-state index contributed by atoms with van der Waals surface area (Å²) in [6.07, 6.45) is 2.49. The number of nitrogens with zero attached hydrogens (tertiary/aromatic N) is 1. The molecule has 1 aliphatic rings. The van der Waals surface area contributed by atoms with Gasteiger partial charge in [0.1, 0.15) is 17.6 Å². The molecular weight excluding hydrogens is 434 g/mol. The van der Waals surface area contributed by atoms with Crippen LogP contribution in [0.2, 0.25) is 0 Å². The average molecular weight is 474 g/mol. The van der Waals surface area contributed by atoms with Gasteiger partial charge in [-0.05, 0) is 45.1 Å². The minimum absolute atomic E-state index is 0.0360. The number of nitrogens with one attached hydrogen (secondary N) is 1. The molecule has 34 heavy (non-hydrogen) atoms. The molecule has 1 unspecified atom stereocenters. The number of hydrogen-bond donors (Lipinski definition) is 3. The Kier molecular flexibility index (Phi) is 9.10. The molecule has 1 saturated heterocycles. The Hall–Kier alpha value is -2.42. The van der Waals surface area contributed by atoms with E-state index in [0.29, 0.717) is 19.4 Å². The highest BCUT2D eigenvalue weighted by Gasteiger charge is 2.37. The predicted molar refractivity (Wildman–Crippen MR) is 131 cm³/mol. The van der Waals surface area contributed by atoms with Crippen molar-refractivity contribution in [3.05, 3.63) is 35.6 Å². The molecule has 1 aliphatic heterocycles. The maximum atomic E-state index is 12.3. The van der Waals surface area contributed by atoms with E-state index in [1.54, 1.807) is 13.8 Å². The summed E-state index contributed by atoms with van der Waals surface area (Å²) in [5.74, 6) is 0.321. The zero-order valence-electron chi connectivity index (χ0n) is 20.8. The van der Waals surface area contributed by atoms with Crippen LogP contribution < -0.4 is 11.1 Å². The van der Waals surface area contributed by atoms with Gasteiger partial charge in [0.2, 0.25) is 5.91 Å². The Morgan fingerprint density at radius 1 is 1.29 bits per heavy atom. The Morgan fingerprint density at radius 2 is 2.03 bits per heavy atom. The van der Waals surface area contributed by atoms with Crippen LogP contribution in [-0.4, -0.2) is 59.4 Å². The topological polar surface area (TPSA) is 118 Å². The largest absolute Gasteiger partial charge is 0.466 e. The van der Waals surface area contributed by atoms with Crippen molar-refractivity contribution in [3.8, 4) is 0 Å². The fourth-order valence-corrected chi connectivity index (χ4v) is 4.77. The van der Waals surface area contributed by atoms with Crippen molar-refractivity contribution in [2.45, 2.75) is 84.2 Å². The first-order valence-electron chi connectivity index (χ1n) is 12.4. The number of carbonyl (C=O) groups is 2. The van der Waals surface area contributed by atoms with Crippen LogP contribution in [0.4, 0.5) is 0 Å². The van der Waals surface area contributed by atoms with Crippen LogP contribution >= 0.6 is 0 Å². The van der Waals surface area contributed by atoms with Gasteiger partial charge in [0.15, 0.2) is 0 Å². The molecule has 0 saturated carbocycles. The van der Waals surface area contributed by atoms with Gasteiger partial charge in [-0.15, -0.1) is 0 Å². The van der Waals surface area contributed by atoms with E-state index in [9.17, 15) is 14.7 Å². The van der Waals surface area contributed by atoms with Crippen molar-refractivity contribution < 1.29 is 23.8 Å². The predicted octanol–water partition coefficient (Wildman–Crippen LogP) is 2.74. The van der Waals surface area contributed by atoms with Crippen molar-refractivity contribution in [2.75, 3.05) is 13.2 Å². The average Bonchev–Trinajstić information content (AvgIpc) is 3.40. The number of aliphatic hydroxyl groups is 1. The second kappa shape index (κ2) is 11.8. The third-order valence-corrected chi connectivity index (χ3v) is 6.61. The van der Waals surface area contributed by atoms with Crippen LogP contribution in [-0.2, 0) is 27.2 Å². The van der Waals surface area contributed by atoms with Crippen molar-refractivity contribution in [1.29, 1.82) is 0 Å². The SMILES string of the molecule is CCOC(=O)CCc1oc2ccccc2c1C[C@@H]1CCCN1C(O)[C@@H](NC(=O)[C@H](C)N)C(C)C. The summed E-state index contributed by atoms with van der Waals surface area (Å²) in [5, 5.41) is 15.3. The minimum atomic E-state index is -0.823. The number of amides is 1. The highest BCUT2D eigenvalue weighted by Crippen LogP contribution is 2.32. The molecule has 2 heterocycles. The van der Waals surface area contributed by atoms with E-state index in [-0.39, 0.29) is 30.3 Å². The first kappa shape index (κ1) is 26.2. The molecule has 0 bridgehead atoms. The van der Waals surface area contributed by atoms with Gasteiger partial charge in [-0.2, -0.15) is 0 Å². The maximum Gasteiger partial charge on any atom is 0.306 e. The number of furan rings is 1. The fraction of sp³-hybridized carbons (Fsp3) is 0.615. The lowest BCUT2D eigenvalue weighted by Crippen LogP contribution is -2.57. The van der Waals surface area contributed by atoms with Crippen molar-refractivity contribution in [1.82, 2.24) is 10.2 Å². The number of rotatable bonds is 11. The standard InChI is InChI=1S/C26H39N3O5/c1-5-33-23(30)13-12-22-20(19-10-6-7-11-21(19)34-22)15-18-9-8-14-29(18)26(32)24(16(2)3)28-25(31)17(4)27/h6-7,10-11,16-18,24,26,32H,5,8-9,12-15,27H2,1-4H3,(H,28,31)/t17-,18-,24-,26?/m0/s1. The molecule has 8 heteroatoms. The van der Waals surface area contributed by atoms with Crippen LogP contribution in [0.1, 0.15) is 58.3 Å². The summed E-state index contributed by atoms with van der Waals surface area (Å²) in [5.41, 5.74) is 7.61. The number of nitrogens with two attached hydrogens (primary N) is 1. The summed E-state index contributed by atoms with van der Waals surface area (Å²) in [7, 11) is 0. The van der Waals surface area contributed by atoms with E-state index in [1.165, 1.54) is 0 Å². The third-order valence-electron chi connectivity index (χ3n) is 6.61. The van der Waals surface area contributed by atoms with Crippen LogP contribution in [0.15, 0.2) is 28.7 Å². The van der Waals surface area contributed by atoms with Gasteiger partial charge in [-0.1, -0.05) is 32.0 Å². The monoisotopic (exact) mass is 473 g/mol. The Balaban J connectivity index is 1.82. The Morgan fingerprint density at radius 3 is 2.71 bits per heavy atom. The molecule has 4 atom stereocenters. The molecule has 1 aromatic carbocycles. The normalized spacial score (nSPS) is 19.3. The van der Waals surface area contributed by atoms with Crippen molar-refractivity contribution in [3.63, 3.8) is 0 Å². The smallest absolute Gasteiger partial charge is 0.306 e. The van der Waals surface area contributed by atoms with Gasteiger partial charge in [-0.25, -0.2) is 0 Å². The van der Waals surface area contributed by atoms with E-state index in [2.05, 4.69) is 10.2 Å². The highest BCUT2D eigenvalue weighted by atomic mass is 16.5. The fourth-order valence-electron chi connectivity index (χ4n) is 4.77. The molecule has 0 aliphatic carbocycles. The number of likely N-dealkylation sites (tertiary alicyclic amines) is 1. The van der Waals surface area contributed by atoms with Crippen LogP contribution in [0, 0.1) is 5.92 Å². The number of ether oxygens (including phenoxy) is 1. The van der Waals surface area contributed by atoms with Crippen LogP contribution in [0.3, 0.4) is 0 Å².